The minimum absolute atomic E-state index is 0.0416. The maximum atomic E-state index is 12.2. The summed E-state index contributed by atoms with van der Waals surface area (Å²) in [6.45, 7) is 4.38. The van der Waals surface area contributed by atoms with Gasteiger partial charge in [0.15, 0.2) is 0 Å². The van der Waals surface area contributed by atoms with E-state index in [-0.39, 0.29) is 28.8 Å². The highest BCUT2D eigenvalue weighted by Crippen LogP contribution is 2.70. The normalized spacial score (nSPS) is 49.2. The molecule has 0 aromatic carbocycles. The van der Waals surface area contributed by atoms with E-state index >= 15 is 0 Å². The molecule has 0 radical (unpaired) electrons. The van der Waals surface area contributed by atoms with Crippen molar-refractivity contribution >= 4 is 5.78 Å². The van der Waals surface area contributed by atoms with Crippen molar-refractivity contribution in [2.75, 3.05) is 0 Å². The van der Waals surface area contributed by atoms with Crippen LogP contribution in [0, 0.1) is 28.6 Å². The standard InChI is InChI=1S/C24H32O5/c1-22-9-7-16(25)11-15(22)4-5-18-21(22)19(26)12-23(2)17(8-10-24(18,23)28)14-3-6-20(27)29-13-14/h3,6,13,15,17-19,21,26,28H,4-5,7-12H2,1-2H3/t15-,17-,18-,19-,21-,22+,23-,24-/m1/s1. The maximum absolute atomic E-state index is 12.2. The molecule has 0 spiro atoms. The number of hydrogen-bond donors (Lipinski definition) is 2. The molecule has 5 nitrogen and oxygen atoms in total. The van der Waals surface area contributed by atoms with Gasteiger partial charge in [-0.15, -0.1) is 0 Å². The third-order valence-corrected chi connectivity index (χ3v) is 9.73. The molecule has 5 rings (SSSR count). The Kier molecular flexibility index (Phi) is 4.22. The number of carbonyl (C=O) groups excluding carboxylic acids is 1. The Balaban J connectivity index is 1.53. The highest BCUT2D eigenvalue weighted by atomic mass is 16.4. The lowest BCUT2D eigenvalue weighted by atomic mass is 9.42. The first kappa shape index (κ1) is 19.5. The Morgan fingerprint density at radius 1 is 1.10 bits per heavy atom. The molecule has 29 heavy (non-hydrogen) atoms. The lowest BCUT2D eigenvalue weighted by Gasteiger charge is -2.64. The van der Waals surface area contributed by atoms with Crippen LogP contribution in [0.1, 0.15) is 76.7 Å². The average molecular weight is 401 g/mol. The SMILES string of the molecule is C[C@]12CCC(=O)C[C@H]1CC[C@@H]1[C@@H]2[C@H](O)C[C@]2(C)[C@@H](c3ccc(=O)oc3)CC[C@@]12O. The zero-order valence-electron chi connectivity index (χ0n) is 17.4. The summed E-state index contributed by atoms with van der Waals surface area (Å²) in [5, 5.41) is 23.6. The van der Waals surface area contributed by atoms with Gasteiger partial charge in [0, 0.05) is 24.3 Å². The van der Waals surface area contributed by atoms with Gasteiger partial charge in [-0.1, -0.05) is 13.8 Å². The molecule has 0 unspecified atom stereocenters. The molecular formula is C24H32O5. The highest BCUT2D eigenvalue weighted by Gasteiger charge is 2.69. The fourth-order valence-corrected chi connectivity index (χ4v) is 8.22. The van der Waals surface area contributed by atoms with Crippen LogP contribution in [0.3, 0.4) is 0 Å². The van der Waals surface area contributed by atoms with Crippen molar-refractivity contribution in [3.63, 3.8) is 0 Å². The van der Waals surface area contributed by atoms with Gasteiger partial charge in [0.05, 0.1) is 18.0 Å². The summed E-state index contributed by atoms with van der Waals surface area (Å²) in [4.78, 5) is 23.5. The van der Waals surface area contributed by atoms with Crippen molar-refractivity contribution in [2.24, 2.45) is 28.6 Å². The molecule has 0 amide bonds. The molecule has 4 saturated carbocycles. The van der Waals surface area contributed by atoms with Crippen LogP contribution in [0.2, 0.25) is 0 Å². The number of aliphatic hydroxyl groups excluding tert-OH is 1. The first-order chi connectivity index (χ1) is 13.7. The second-order valence-electron chi connectivity index (χ2n) is 10.7. The molecular weight excluding hydrogens is 368 g/mol. The molecule has 4 aliphatic carbocycles. The predicted molar refractivity (Wildman–Crippen MR) is 107 cm³/mol. The molecule has 4 fully saturated rings. The molecule has 0 bridgehead atoms. The molecule has 4 aliphatic rings. The van der Waals surface area contributed by atoms with Crippen molar-refractivity contribution in [3.8, 4) is 0 Å². The quantitative estimate of drug-likeness (QED) is 0.754. The monoisotopic (exact) mass is 400 g/mol. The predicted octanol–water partition coefficient (Wildman–Crippen LogP) is 3.42. The van der Waals surface area contributed by atoms with Gasteiger partial charge in [0.2, 0.25) is 0 Å². The number of ketones is 1. The van der Waals surface area contributed by atoms with Crippen molar-refractivity contribution < 1.29 is 19.4 Å². The third kappa shape index (κ3) is 2.53. The van der Waals surface area contributed by atoms with Crippen LogP contribution in [0.15, 0.2) is 27.6 Å². The summed E-state index contributed by atoms with van der Waals surface area (Å²) < 4.78 is 5.13. The first-order valence-corrected chi connectivity index (χ1v) is 11.2. The summed E-state index contributed by atoms with van der Waals surface area (Å²) in [6.07, 6.45) is 7.03. The largest absolute Gasteiger partial charge is 0.431 e. The van der Waals surface area contributed by atoms with Gasteiger partial charge in [0.1, 0.15) is 5.78 Å². The van der Waals surface area contributed by atoms with E-state index in [1.807, 2.05) is 6.07 Å². The Bertz CT molecular complexity index is 871. The van der Waals surface area contributed by atoms with Gasteiger partial charge >= 0.3 is 5.63 Å². The Labute approximate surface area is 171 Å². The zero-order chi connectivity index (χ0) is 20.6. The number of fused-ring (bicyclic) bond motifs is 5. The van der Waals surface area contributed by atoms with E-state index in [1.54, 1.807) is 0 Å². The Morgan fingerprint density at radius 3 is 2.62 bits per heavy atom. The molecule has 1 heterocycles. The molecule has 8 atom stereocenters. The van der Waals surface area contributed by atoms with Gasteiger partial charge in [-0.2, -0.15) is 0 Å². The van der Waals surface area contributed by atoms with Crippen LogP contribution in [0.4, 0.5) is 0 Å². The lowest BCUT2D eigenvalue weighted by molar-refractivity contribution is -0.235. The van der Waals surface area contributed by atoms with Crippen LogP contribution in [0.25, 0.3) is 0 Å². The third-order valence-electron chi connectivity index (χ3n) is 9.73. The number of Topliss-reactive ketones (excluding diaryl/α,β-unsaturated/α-hetero) is 1. The van der Waals surface area contributed by atoms with Crippen molar-refractivity contribution in [2.45, 2.75) is 82.8 Å². The minimum atomic E-state index is -0.840. The van der Waals surface area contributed by atoms with E-state index in [4.69, 9.17) is 4.42 Å². The van der Waals surface area contributed by atoms with Crippen molar-refractivity contribution in [3.05, 3.63) is 34.4 Å². The zero-order valence-corrected chi connectivity index (χ0v) is 17.4. The second kappa shape index (κ2) is 6.27. The average Bonchev–Trinajstić information content (AvgIpc) is 2.94. The van der Waals surface area contributed by atoms with Crippen LogP contribution >= 0.6 is 0 Å². The smallest absolute Gasteiger partial charge is 0.335 e. The Morgan fingerprint density at radius 2 is 1.90 bits per heavy atom. The summed E-state index contributed by atoms with van der Waals surface area (Å²) in [6, 6.07) is 3.26. The summed E-state index contributed by atoms with van der Waals surface area (Å²) in [5.41, 5.74) is -0.801. The van der Waals surface area contributed by atoms with Crippen LogP contribution in [-0.4, -0.2) is 27.7 Å². The highest BCUT2D eigenvalue weighted by molar-refractivity contribution is 5.79. The van der Waals surface area contributed by atoms with Crippen molar-refractivity contribution in [1.29, 1.82) is 0 Å². The molecule has 2 N–H and O–H groups in total. The second-order valence-corrected chi connectivity index (χ2v) is 10.7. The molecule has 0 aliphatic heterocycles. The number of aliphatic hydroxyl groups is 2. The first-order valence-electron chi connectivity index (χ1n) is 11.2. The number of carbonyl (C=O) groups is 1. The molecule has 1 aromatic rings. The van der Waals surface area contributed by atoms with Crippen LogP contribution in [-0.2, 0) is 4.79 Å². The Hall–Kier alpha value is -1.46. The van der Waals surface area contributed by atoms with Crippen molar-refractivity contribution in [1.82, 2.24) is 0 Å². The summed E-state index contributed by atoms with van der Waals surface area (Å²) in [7, 11) is 0. The fraction of sp³-hybridized carbons (Fsp3) is 0.750. The van der Waals surface area contributed by atoms with E-state index in [1.165, 1.54) is 12.3 Å². The lowest BCUT2D eigenvalue weighted by Crippen LogP contribution is -2.66. The summed E-state index contributed by atoms with van der Waals surface area (Å²) >= 11 is 0. The minimum Gasteiger partial charge on any atom is -0.431 e. The van der Waals surface area contributed by atoms with Gasteiger partial charge in [-0.25, -0.2) is 4.79 Å². The van der Waals surface area contributed by atoms with E-state index in [0.29, 0.717) is 37.4 Å². The van der Waals surface area contributed by atoms with E-state index in [9.17, 15) is 19.8 Å². The van der Waals surface area contributed by atoms with E-state index < -0.39 is 17.1 Å². The molecule has 1 aromatic heterocycles. The maximum Gasteiger partial charge on any atom is 0.335 e. The van der Waals surface area contributed by atoms with Gasteiger partial charge in [-0.05, 0) is 79.2 Å². The molecule has 5 heteroatoms. The summed E-state index contributed by atoms with van der Waals surface area (Å²) in [5.74, 6) is 0.830. The van der Waals surface area contributed by atoms with Gasteiger partial charge < -0.3 is 14.6 Å². The van der Waals surface area contributed by atoms with E-state index in [0.717, 1.165) is 31.2 Å². The number of rotatable bonds is 1. The molecule has 158 valence electrons. The fourth-order valence-electron chi connectivity index (χ4n) is 8.22. The topological polar surface area (TPSA) is 87.7 Å². The van der Waals surface area contributed by atoms with Crippen LogP contribution < -0.4 is 5.63 Å². The van der Waals surface area contributed by atoms with Crippen LogP contribution in [0.5, 0.6) is 0 Å². The van der Waals surface area contributed by atoms with Gasteiger partial charge in [0.25, 0.3) is 0 Å². The van der Waals surface area contributed by atoms with E-state index in [2.05, 4.69) is 13.8 Å². The molecule has 0 saturated heterocycles. The van der Waals surface area contributed by atoms with Gasteiger partial charge in [-0.3, -0.25) is 4.79 Å². The number of hydrogen-bond acceptors (Lipinski definition) is 5.